The fourth-order valence-electron chi connectivity index (χ4n) is 2.47. The van der Waals surface area contributed by atoms with Crippen LogP contribution in [-0.2, 0) is 4.74 Å². The van der Waals surface area contributed by atoms with E-state index in [9.17, 15) is 5.11 Å². The molecule has 0 radical (unpaired) electrons. The zero-order chi connectivity index (χ0) is 13.1. The summed E-state index contributed by atoms with van der Waals surface area (Å²) in [6, 6.07) is 7.84. The van der Waals surface area contributed by atoms with Crippen molar-refractivity contribution in [3.8, 4) is 0 Å². The van der Waals surface area contributed by atoms with E-state index in [1.807, 2.05) is 24.3 Å². The Morgan fingerprint density at radius 3 is 2.39 bits per heavy atom. The Morgan fingerprint density at radius 2 is 1.83 bits per heavy atom. The topological polar surface area (TPSA) is 32.7 Å². The van der Waals surface area contributed by atoms with Crippen LogP contribution in [0.15, 0.2) is 28.7 Å². The molecular weight excluding hydrogens is 294 g/mol. The van der Waals surface area contributed by atoms with Gasteiger partial charge in [0.05, 0.1) is 18.3 Å². The van der Waals surface area contributed by atoms with Gasteiger partial charge in [0.1, 0.15) is 0 Å². The molecule has 0 amide bonds. The number of rotatable bonds is 3. The standard InChI is InChI=1S/C14H20BrNO2/c1-10-7-16(8-11(2)18-10)9-14(17)12-3-5-13(15)6-4-12/h3-6,10-11,14,17H,7-9H2,1-2H3. The molecule has 3 unspecified atom stereocenters. The number of nitrogens with zero attached hydrogens (tertiary/aromatic N) is 1. The van der Waals surface area contributed by atoms with E-state index in [1.165, 1.54) is 0 Å². The first-order chi connectivity index (χ1) is 8.54. The van der Waals surface area contributed by atoms with Crippen LogP contribution in [0.3, 0.4) is 0 Å². The molecule has 0 aromatic heterocycles. The van der Waals surface area contributed by atoms with Gasteiger partial charge < -0.3 is 9.84 Å². The Morgan fingerprint density at radius 1 is 1.28 bits per heavy atom. The normalized spacial score (nSPS) is 27.1. The number of morpholine rings is 1. The summed E-state index contributed by atoms with van der Waals surface area (Å²) in [5.41, 5.74) is 0.963. The van der Waals surface area contributed by atoms with Crippen LogP contribution in [0.4, 0.5) is 0 Å². The molecule has 3 atom stereocenters. The fourth-order valence-corrected chi connectivity index (χ4v) is 2.73. The zero-order valence-corrected chi connectivity index (χ0v) is 12.4. The summed E-state index contributed by atoms with van der Waals surface area (Å²) in [6.07, 6.45) is 0.0485. The lowest BCUT2D eigenvalue weighted by Crippen LogP contribution is -2.46. The van der Waals surface area contributed by atoms with Gasteiger partial charge in [0.2, 0.25) is 0 Å². The van der Waals surface area contributed by atoms with Gasteiger partial charge in [0.25, 0.3) is 0 Å². The second-order valence-electron chi connectivity index (χ2n) is 5.04. The third-order valence-corrected chi connectivity index (χ3v) is 3.71. The first-order valence-electron chi connectivity index (χ1n) is 6.36. The Labute approximate surface area is 117 Å². The highest BCUT2D eigenvalue weighted by Crippen LogP contribution is 2.19. The second-order valence-corrected chi connectivity index (χ2v) is 5.96. The lowest BCUT2D eigenvalue weighted by molar-refractivity contribution is -0.0767. The third kappa shape index (κ3) is 3.79. The van der Waals surface area contributed by atoms with Crippen molar-refractivity contribution in [1.29, 1.82) is 0 Å². The molecule has 1 aromatic rings. The van der Waals surface area contributed by atoms with Crippen molar-refractivity contribution >= 4 is 15.9 Å². The van der Waals surface area contributed by atoms with Crippen LogP contribution in [0.1, 0.15) is 25.5 Å². The maximum atomic E-state index is 10.2. The maximum absolute atomic E-state index is 10.2. The van der Waals surface area contributed by atoms with Gasteiger partial charge >= 0.3 is 0 Å². The molecule has 2 rings (SSSR count). The largest absolute Gasteiger partial charge is 0.387 e. The number of β-amino-alcohol motifs (C(OH)–C–C–N with tert-alkyl or cyclic N) is 1. The van der Waals surface area contributed by atoms with Gasteiger partial charge in [-0.2, -0.15) is 0 Å². The molecule has 18 heavy (non-hydrogen) atoms. The number of benzene rings is 1. The molecule has 0 saturated carbocycles. The van der Waals surface area contributed by atoms with E-state index in [-0.39, 0.29) is 12.2 Å². The van der Waals surface area contributed by atoms with E-state index in [4.69, 9.17) is 4.74 Å². The van der Waals surface area contributed by atoms with Crippen molar-refractivity contribution in [2.75, 3.05) is 19.6 Å². The lowest BCUT2D eigenvalue weighted by atomic mass is 10.1. The van der Waals surface area contributed by atoms with Crippen molar-refractivity contribution in [3.63, 3.8) is 0 Å². The molecule has 0 spiro atoms. The second kappa shape index (κ2) is 6.15. The highest BCUT2D eigenvalue weighted by molar-refractivity contribution is 9.10. The molecule has 3 nitrogen and oxygen atoms in total. The zero-order valence-electron chi connectivity index (χ0n) is 10.8. The molecule has 1 aromatic carbocycles. The molecule has 1 saturated heterocycles. The molecule has 1 aliphatic heterocycles. The minimum atomic E-state index is -0.435. The summed E-state index contributed by atoms with van der Waals surface area (Å²) in [7, 11) is 0. The average molecular weight is 314 g/mol. The van der Waals surface area contributed by atoms with Crippen molar-refractivity contribution in [2.24, 2.45) is 0 Å². The van der Waals surface area contributed by atoms with E-state index in [0.717, 1.165) is 23.1 Å². The smallest absolute Gasteiger partial charge is 0.0916 e. The lowest BCUT2D eigenvalue weighted by Gasteiger charge is -2.36. The number of hydrogen-bond donors (Lipinski definition) is 1. The number of halogens is 1. The average Bonchev–Trinajstić information content (AvgIpc) is 2.28. The van der Waals surface area contributed by atoms with Gasteiger partial charge in [-0.15, -0.1) is 0 Å². The highest BCUT2D eigenvalue weighted by Gasteiger charge is 2.24. The van der Waals surface area contributed by atoms with E-state index in [2.05, 4.69) is 34.7 Å². The number of hydrogen-bond acceptors (Lipinski definition) is 3. The summed E-state index contributed by atoms with van der Waals surface area (Å²) in [4.78, 5) is 2.27. The van der Waals surface area contributed by atoms with Crippen LogP contribution < -0.4 is 0 Å². The van der Waals surface area contributed by atoms with Crippen LogP contribution in [0.5, 0.6) is 0 Å². The van der Waals surface area contributed by atoms with Crippen LogP contribution in [-0.4, -0.2) is 41.8 Å². The highest BCUT2D eigenvalue weighted by atomic mass is 79.9. The Hall–Kier alpha value is -0.420. The van der Waals surface area contributed by atoms with Gasteiger partial charge in [-0.3, -0.25) is 4.90 Å². The van der Waals surface area contributed by atoms with Crippen LogP contribution in [0.2, 0.25) is 0 Å². The summed E-state index contributed by atoms with van der Waals surface area (Å²) in [5, 5.41) is 10.2. The number of aliphatic hydroxyl groups is 1. The Bertz CT molecular complexity index is 372. The molecule has 1 heterocycles. The van der Waals surface area contributed by atoms with Crippen molar-refractivity contribution < 1.29 is 9.84 Å². The summed E-state index contributed by atoms with van der Waals surface area (Å²) in [6.45, 7) is 6.60. The third-order valence-electron chi connectivity index (χ3n) is 3.18. The fraction of sp³-hybridized carbons (Fsp3) is 0.571. The van der Waals surface area contributed by atoms with Crippen LogP contribution >= 0.6 is 15.9 Å². The van der Waals surface area contributed by atoms with Gasteiger partial charge in [0.15, 0.2) is 0 Å². The van der Waals surface area contributed by atoms with Crippen molar-refractivity contribution in [3.05, 3.63) is 34.3 Å². The van der Waals surface area contributed by atoms with Gasteiger partial charge in [-0.1, -0.05) is 28.1 Å². The van der Waals surface area contributed by atoms with Gasteiger partial charge in [-0.05, 0) is 31.5 Å². The first-order valence-corrected chi connectivity index (χ1v) is 7.15. The Balaban J connectivity index is 1.94. The SMILES string of the molecule is CC1CN(CC(O)c2ccc(Br)cc2)CC(C)O1. The van der Waals surface area contributed by atoms with E-state index < -0.39 is 6.10 Å². The monoisotopic (exact) mass is 313 g/mol. The molecule has 0 bridgehead atoms. The predicted octanol–water partition coefficient (Wildman–Crippen LogP) is 2.59. The van der Waals surface area contributed by atoms with Crippen molar-refractivity contribution in [1.82, 2.24) is 4.90 Å². The molecule has 100 valence electrons. The summed E-state index contributed by atoms with van der Waals surface area (Å²) in [5.74, 6) is 0. The van der Waals surface area contributed by atoms with Crippen molar-refractivity contribution in [2.45, 2.75) is 32.2 Å². The quantitative estimate of drug-likeness (QED) is 0.931. The minimum absolute atomic E-state index is 0.242. The summed E-state index contributed by atoms with van der Waals surface area (Å²) < 4.78 is 6.72. The Kier molecular flexibility index (Phi) is 4.78. The maximum Gasteiger partial charge on any atom is 0.0916 e. The van der Waals surface area contributed by atoms with Gasteiger partial charge in [-0.25, -0.2) is 0 Å². The van der Waals surface area contributed by atoms with E-state index in [1.54, 1.807) is 0 Å². The first kappa shape index (κ1) is 14.0. The molecule has 1 N–H and O–H groups in total. The van der Waals surface area contributed by atoms with E-state index in [0.29, 0.717) is 6.54 Å². The molecule has 0 aliphatic carbocycles. The van der Waals surface area contributed by atoms with E-state index >= 15 is 0 Å². The molecule has 4 heteroatoms. The van der Waals surface area contributed by atoms with Gasteiger partial charge in [0, 0.05) is 24.1 Å². The predicted molar refractivity (Wildman–Crippen MR) is 75.6 cm³/mol. The number of ether oxygens (including phenoxy) is 1. The molecular formula is C14H20BrNO2. The molecule has 1 fully saturated rings. The minimum Gasteiger partial charge on any atom is -0.387 e. The van der Waals surface area contributed by atoms with Crippen LogP contribution in [0.25, 0.3) is 0 Å². The number of aliphatic hydroxyl groups excluding tert-OH is 1. The van der Waals surface area contributed by atoms with Crippen LogP contribution in [0, 0.1) is 0 Å². The molecule has 1 aliphatic rings. The summed E-state index contributed by atoms with van der Waals surface area (Å²) >= 11 is 3.40.